The average molecular weight is 237 g/mol. The van der Waals surface area contributed by atoms with E-state index in [9.17, 15) is 5.11 Å². The molecule has 2 aliphatic heterocycles. The van der Waals surface area contributed by atoms with Gasteiger partial charge in [-0.25, -0.2) is 0 Å². The molecule has 0 saturated carbocycles. The Morgan fingerprint density at radius 2 is 2.25 bits per heavy atom. The number of hydrogen-bond acceptors (Lipinski definition) is 4. The highest BCUT2D eigenvalue weighted by atomic mass is 32.2. The second-order valence-electron chi connectivity index (χ2n) is 4.40. The standard InChI is InChI=1S/C12H15NO2S/c14-6-12-7-15-11(13(12)9-16-8-12)10-4-2-1-3-5-10/h1-5,11,14H,6-9H2/t11-,12-/m0/s1. The summed E-state index contributed by atoms with van der Waals surface area (Å²) in [5, 5.41) is 9.56. The van der Waals surface area contributed by atoms with Crippen molar-refractivity contribution in [3.63, 3.8) is 0 Å². The van der Waals surface area contributed by atoms with Crippen LogP contribution in [0.25, 0.3) is 0 Å². The zero-order chi connectivity index (χ0) is 11.0. The third-order valence-corrected chi connectivity index (χ3v) is 4.58. The van der Waals surface area contributed by atoms with Gasteiger partial charge in [0.2, 0.25) is 0 Å². The molecule has 2 heterocycles. The van der Waals surface area contributed by atoms with Gasteiger partial charge in [0.05, 0.1) is 18.8 Å². The van der Waals surface area contributed by atoms with Gasteiger partial charge in [0.15, 0.2) is 0 Å². The van der Waals surface area contributed by atoms with Crippen LogP contribution in [0.15, 0.2) is 30.3 Å². The van der Waals surface area contributed by atoms with E-state index in [2.05, 4.69) is 17.0 Å². The predicted octanol–water partition coefficient (Wildman–Crippen LogP) is 1.45. The highest BCUT2D eigenvalue weighted by molar-refractivity contribution is 7.99. The number of ether oxygens (including phenoxy) is 1. The van der Waals surface area contributed by atoms with Crippen molar-refractivity contribution in [3.05, 3.63) is 35.9 Å². The van der Waals surface area contributed by atoms with Crippen LogP contribution >= 0.6 is 11.8 Å². The minimum absolute atomic E-state index is 0.0170. The lowest BCUT2D eigenvalue weighted by Gasteiger charge is -2.29. The molecule has 3 nitrogen and oxygen atoms in total. The summed E-state index contributed by atoms with van der Waals surface area (Å²) in [6, 6.07) is 10.2. The number of aliphatic hydroxyl groups is 1. The van der Waals surface area contributed by atoms with E-state index in [1.165, 1.54) is 5.56 Å². The average Bonchev–Trinajstić information content (AvgIpc) is 2.88. The number of benzene rings is 1. The third-order valence-electron chi connectivity index (χ3n) is 3.38. The Balaban J connectivity index is 1.90. The van der Waals surface area contributed by atoms with E-state index in [-0.39, 0.29) is 18.4 Å². The van der Waals surface area contributed by atoms with Crippen LogP contribution in [0.2, 0.25) is 0 Å². The van der Waals surface area contributed by atoms with Gasteiger partial charge < -0.3 is 9.84 Å². The van der Waals surface area contributed by atoms with Gasteiger partial charge in [0, 0.05) is 11.6 Å². The molecule has 0 aliphatic carbocycles. The minimum atomic E-state index is -0.148. The molecule has 4 heteroatoms. The molecule has 0 aromatic heterocycles. The highest BCUT2D eigenvalue weighted by Gasteiger charge is 2.50. The van der Waals surface area contributed by atoms with Crippen molar-refractivity contribution in [1.82, 2.24) is 4.90 Å². The van der Waals surface area contributed by atoms with Crippen molar-refractivity contribution in [1.29, 1.82) is 0 Å². The molecule has 0 amide bonds. The Hall–Kier alpha value is -0.550. The Bertz CT molecular complexity index is 373. The van der Waals surface area contributed by atoms with Gasteiger partial charge >= 0.3 is 0 Å². The van der Waals surface area contributed by atoms with Crippen LogP contribution in [0.4, 0.5) is 0 Å². The molecule has 1 aromatic carbocycles. The topological polar surface area (TPSA) is 32.7 Å². The Morgan fingerprint density at radius 3 is 3.00 bits per heavy atom. The number of thioether (sulfide) groups is 1. The molecular formula is C12H15NO2S. The first-order valence-electron chi connectivity index (χ1n) is 5.48. The molecule has 1 N–H and O–H groups in total. The van der Waals surface area contributed by atoms with Crippen LogP contribution in [0, 0.1) is 0 Å². The van der Waals surface area contributed by atoms with E-state index in [1.807, 2.05) is 30.0 Å². The van der Waals surface area contributed by atoms with Crippen LogP contribution in [0.1, 0.15) is 11.8 Å². The summed E-state index contributed by atoms with van der Waals surface area (Å²) in [6.07, 6.45) is 0.0170. The first-order valence-corrected chi connectivity index (χ1v) is 6.63. The van der Waals surface area contributed by atoms with Crippen LogP contribution < -0.4 is 0 Å². The first kappa shape index (κ1) is 10.6. The molecule has 2 aliphatic rings. The highest BCUT2D eigenvalue weighted by Crippen LogP contribution is 2.44. The lowest BCUT2D eigenvalue weighted by atomic mass is 10.0. The third kappa shape index (κ3) is 1.49. The maximum Gasteiger partial charge on any atom is 0.138 e. The summed E-state index contributed by atoms with van der Waals surface area (Å²) < 4.78 is 5.85. The van der Waals surface area contributed by atoms with Crippen LogP contribution in [0.5, 0.6) is 0 Å². The summed E-state index contributed by atoms with van der Waals surface area (Å²) in [4.78, 5) is 2.28. The minimum Gasteiger partial charge on any atom is -0.394 e. The lowest BCUT2D eigenvalue weighted by molar-refractivity contribution is 0.0321. The summed E-state index contributed by atoms with van der Waals surface area (Å²) in [6.45, 7) is 0.819. The van der Waals surface area contributed by atoms with Gasteiger partial charge in [-0.05, 0) is 5.56 Å². The number of aliphatic hydroxyl groups excluding tert-OH is 1. The van der Waals surface area contributed by atoms with Gasteiger partial charge in [0.1, 0.15) is 6.23 Å². The zero-order valence-corrected chi connectivity index (χ0v) is 9.82. The first-order chi connectivity index (χ1) is 7.86. The Labute approximate surface area is 99.4 Å². The molecule has 16 heavy (non-hydrogen) atoms. The van der Waals surface area contributed by atoms with Crippen molar-refractivity contribution in [3.8, 4) is 0 Å². The van der Waals surface area contributed by atoms with E-state index in [0.29, 0.717) is 6.61 Å². The van der Waals surface area contributed by atoms with E-state index < -0.39 is 0 Å². The number of fused-ring (bicyclic) bond motifs is 1. The number of rotatable bonds is 2. The maximum atomic E-state index is 9.56. The van der Waals surface area contributed by atoms with Crippen molar-refractivity contribution >= 4 is 11.8 Å². The second kappa shape index (κ2) is 4.04. The molecule has 3 rings (SSSR count). The normalized spacial score (nSPS) is 34.2. The SMILES string of the molecule is OC[C@@]12CO[C@@H](c3ccccc3)N1CSC2. The van der Waals surface area contributed by atoms with E-state index >= 15 is 0 Å². The fraction of sp³-hybridized carbons (Fsp3) is 0.500. The molecule has 0 unspecified atom stereocenters. The van der Waals surface area contributed by atoms with E-state index in [4.69, 9.17) is 4.74 Å². The molecule has 2 atom stereocenters. The van der Waals surface area contributed by atoms with Gasteiger partial charge in [-0.2, -0.15) is 0 Å². The van der Waals surface area contributed by atoms with Crippen LogP contribution in [-0.2, 0) is 4.74 Å². The van der Waals surface area contributed by atoms with Gasteiger partial charge in [0.25, 0.3) is 0 Å². The molecule has 2 fully saturated rings. The van der Waals surface area contributed by atoms with E-state index in [0.717, 1.165) is 11.6 Å². The smallest absolute Gasteiger partial charge is 0.138 e. The summed E-state index contributed by atoms with van der Waals surface area (Å²) >= 11 is 1.87. The van der Waals surface area contributed by atoms with Gasteiger partial charge in [-0.3, -0.25) is 4.90 Å². The lowest BCUT2D eigenvalue weighted by Crippen LogP contribution is -2.46. The molecule has 0 radical (unpaired) electrons. The molecule has 0 bridgehead atoms. The van der Waals surface area contributed by atoms with Crippen molar-refractivity contribution in [2.24, 2.45) is 0 Å². The van der Waals surface area contributed by atoms with Crippen LogP contribution in [0.3, 0.4) is 0 Å². The second-order valence-corrected chi connectivity index (χ2v) is 5.36. The van der Waals surface area contributed by atoms with Gasteiger partial charge in [-0.15, -0.1) is 11.8 Å². The fourth-order valence-corrected chi connectivity index (χ4v) is 3.81. The Kier molecular flexibility index (Phi) is 2.67. The number of nitrogens with zero attached hydrogens (tertiary/aromatic N) is 1. The molecule has 0 spiro atoms. The maximum absolute atomic E-state index is 9.56. The summed E-state index contributed by atoms with van der Waals surface area (Å²) in [5.74, 6) is 1.91. The summed E-state index contributed by atoms with van der Waals surface area (Å²) in [7, 11) is 0. The molecule has 86 valence electrons. The van der Waals surface area contributed by atoms with Crippen molar-refractivity contribution in [2.75, 3.05) is 24.8 Å². The molecular weight excluding hydrogens is 222 g/mol. The van der Waals surface area contributed by atoms with Crippen molar-refractivity contribution in [2.45, 2.75) is 11.8 Å². The number of hydrogen-bond donors (Lipinski definition) is 1. The molecule has 2 saturated heterocycles. The largest absolute Gasteiger partial charge is 0.394 e. The van der Waals surface area contributed by atoms with E-state index in [1.54, 1.807) is 0 Å². The van der Waals surface area contributed by atoms with Gasteiger partial charge in [-0.1, -0.05) is 30.3 Å². The Morgan fingerprint density at radius 1 is 1.44 bits per heavy atom. The zero-order valence-electron chi connectivity index (χ0n) is 9.00. The summed E-state index contributed by atoms with van der Waals surface area (Å²) in [5.41, 5.74) is 1.03. The quantitative estimate of drug-likeness (QED) is 0.844. The van der Waals surface area contributed by atoms with Crippen molar-refractivity contribution < 1.29 is 9.84 Å². The van der Waals surface area contributed by atoms with Crippen LogP contribution in [-0.4, -0.2) is 40.4 Å². The fourth-order valence-electron chi connectivity index (χ4n) is 2.39. The monoisotopic (exact) mass is 237 g/mol. The predicted molar refractivity (Wildman–Crippen MR) is 64.1 cm³/mol. The molecule has 1 aromatic rings.